The predicted molar refractivity (Wildman–Crippen MR) is 87.3 cm³/mol. The van der Waals surface area contributed by atoms with Gasteiger partial charge in [-0.3, -0.25) is 9.59 Å². The van der Waals surface area contributed by atoms with Crippen molar-refractivity contribution in [2.24, 2.45) is 5.92 Å². The van der Waals surface area contributed by atoms with Crippen LogP contribution < -0.4 is 5.32 Å². The highest BCUT2D eigenvalue weighted by Crippen LogP contribution is 2.26. The number of aliphatic carboxylic acids is 1. The second-order valence-corrected chi connectivity index (χ2v) is 6.46. The Bertz CT molecular complexity index is 839. The number of carboxylic acids is 1. The van der Waals surface area contributed by atoms with Crippen LogP contribution in [-0.4, -0.2) is 38.0 Å². The van der Waals surface area contributed by atoms with Crippen molar-refractivity contribution in [2.45, 2.75) is 32.2 Å². The van der Waals surface area contributed by atoms with Gasteiger partial charge in [-0.15, -0.1) is 5.10 Å². The Kier molecular flexibility index (Phi) is 4.71. The fourth-order valence-electron chi connectivity index (χ4n) is 2.99. The largest absolute Gasteiger partial charge is 0.481 e. The van der Waals surface area contributed by atoms with E-state index in [4.69, 9.17) is 16.7 Å². The second-order valence-electron chi connectivity index (χ2n) is 6.05. The molecule has 2 aromatic rings. The van der Waals surface area contributed by atoms with E-state index in [1.807, 2.05) is 0 Å². The Morgan fingerprint density at radius 1 is 1.40 bits per heavy atom. The monoisotopic (exact) mass is 366 g/mol. The van der Waals surface area contributed by atoms with Crippen LogP contribution in [0.4, 0.5) is 4.39 Å². The summed E-state index contributed by atoms with van der Waals surface area (Å²) in [5, 5.41) is 19.6. The van der Waals surface area contributed by atoms with Crippen molar-refractivity contribution in [3.8, 4) is 5.69 Å². The van der Waals surface area contributed by atoms with Crippen LogP contribution in [0.1, 0.15) is 35.4 Å². The van der Waals surface area contributed by atoms with Gasteiger partial charge < -0.3 is 10.4 Å². The van der Waals surface area contributed by atoms with Crippen molar-refractivity contribution >= 4 is 23.5 Å². The Labute approximate surface area is 147 Å². The zero-order valence-electron chi connectivity index (χ0n) is 13.4. The van der Waals surface area contributed by atoms with Gasteiger partial charge in [-0.1, -0.05) is 16.8 Å². The zero-order chi connectivity index (χ0) is 18.1. The van der Waals surface area contributed by atoms with Gasteiger partial charge in [0.2, 0.25) is 0 Å². The van der Waals surface area contributed by atoms with Gasteiger partial charge in [0.05, 0.1) is 22.3 Å². The predicted octanol–water partition coefficient (Wildman–Crippen LogP) is 2.35. The highest BCUT2D eigenvalue weighted by atomic mass is 35.5. The van der Waals surface area contributed by atoms with Gasteiger partial charge >= 0.3 is 5.97 Å². The Balaban J connectivity index is 1.75. The van der Waals surface area contributed by atoms with E-state index >= 15 is 0 Å². The number of hydrogen-bond acceptors (Lipinski definition) is 4. The van der Waals surface area contributed by atoms with Crippen LogP contribution in [0.5, 0.6) is 0 Å². The molecule has 0 unspecified atom stereocenters. The molecule has 1 aromatic heterocycles. The quantitative estimate of drug-likeness (QED) is 0.865. The number of amides is 1. The first-order valence-electron chi connectivity index (χ1n) is 7.78. The molecule has 3 rings (SSSR count). The fraction of sp³-hybridized carbons (Fsp3) is 0.375. The van der Waals surface area contributed by atoms with E-state index in [0.717, 1.165) is 0 Å². The number of carbonyl (C=O) groups is 2. The number of benzene rings is 1. The molecule has 0 saturated heterocycles. The van der Waals surface area contributed by atoms with Gasteiger partial charge in [0, 0.05) is 6.04 Å². The first kappa shape index (κ1) is 17.3. The van der Waals surface area contributed by atoms with Gasteiger partial charge in [0.1, 0.15) is 5.82 Å². The highest BCUT2D eigenvalue weighted by molar-refractivity contribution is 6.30. The average Bonchev–Trinajstić information content (AvgIpc) is 3.17. The smallest absolute Gasteiger partial charge is 0.306 e. The van der Waals surface area contributed by atoms with Crippen LogP contribution in [0.25, 0.3) is 5.69 Å². The fourth-order valence-corrected chi connectivity index (χ4v) is 3.17. The summed E-state index contributed by atoms with van der Waals surface area (Å²) in [4.78, 5) is 23.4. The summed E-state index contributed by atoms with van der Waals surface area (Å²) in [7, 11) is 0. The Morgan fingerprint density at radius 2 is 2.16 bits per heavy atom. The minimum atomic E-state index is -0.841. The molecule has 25 heavy (non-hydrogen) atoms. The zero-order valence-corrected chi connectivity index (χ0v) is 14.1. The molecule has 1 amide bonds. The molecule has 132 valence electrons. The Morgan fingerprint density at radius 3 is 2.80 bits per heavy atom. The third kappa shape index (κ3) is 3.48. The average molecular weight is 367 g/mol. The SMILES string of the molecule is Cc1c(C(=O)N[C@@H]2CC[C@H](C(=O)O)C2)nnn1-c1ccc(F)c(Cl)c1. The van der Waals surface area contributed by atoms with Gasteiger partial charge in [0.15, 0.2) is 5.69 Å². The number of halogens is 2. The molecule has 2 atom stereocenters. The molecule has 1 aromatic carbocycles. The van der Waals surface area contributed by atoms with Crippen LogP contribution >= 0.6 is 11.6 Å². The van der Waals surface area contributed by atoms with E-state index in [-0.39, 0.29) is 16.8 Å². The molecule has 7 nitrogen and oxygen atoms in total. The van der Waals surface area contributed by atoms with E-state index in [9.17, 15) is 14.0 Å². The highest BCUT2D eigenvalue weighted by Gasteiger charge is 2.31. The number of aromatic nitrogens is 3. The van der Waals surface area contributed by atoms with Crippen LogP contribution in [0.2, 0.25) is 5.02 Å². The number of carboxylic acid groups (broad SMARTS) is 1. The first-order valence-corrected chi connectivity index (χ1v) is 8.16. The molecule has 0 aliphatic heterocycles. The molecular weight excluding hydrogens is 351 g/mol. The van der Waals surface area contributed by atoms with E-state index in [1.54, 1.807) is 6.92 Å². The van der Waals surface area contributed by atoms with Gasteiger partial charge in [-0.2, -0.15) is 0 Å². The minimum Gasteiger partial charge on any atom is -0.481 e. The van der Waals surface area contributed by atoms with Crippen molar-refractivity contribution in [2.75, 3.05) is 0 Å². The van der Waals surface area contributed by atoms with E-state index in [0.29, 0.717) is 30.6 Å². The number of rotatable bonds is 4. The van der Waals surface area contributed by atoms with Gasteiger partial charge in [0.25, 0.3) is 5.91 Å². The molecule has 2 N–H and O–H groups in total. The molecule has 9 heteroatoms. The topological polar surface area (TPSA) is 97.1 Å². The van der Waals surface area contributed by atoms with Crippen molar-refractivity contribution < 1.29 is 19.1 Å². The number of carbonyl (C=O) groups excluding carboxylic acids is 1. The van der Waals surface area contributed by atoms with E-state index in [1.165, 1.54) is 22.9 Å². The molecule has 0 spiro atoms. The Hall–Kier alpha value is -2.48. The van der Waals surface area contributed by atoms with Crippen LogP contribution in [0, 0.1) is 18.7 Å². The molecule has 1 fully saturated rings. The lowest BCUT2D eigenvalue weighted by molar-refractivity contribution is -0.141. The summed E-state index contributed by atoms with van der Waals surface area (Å²) in [6.07, 6.45) is 1.56. The molecule has 0 radical (unpaired) electrons. The summed E-state index contributed by atoms with van der Waals surface area (Å²) >= 11 is 5.77. The molecule has 1 aliphatic carbocycles. The van der Waals surface area contributed by atoms with Crippen molar-refractivity contribution in [3.63, 3.8) is 0 Å². The maximum Gasteiger partial charge on any atom is 0.306 e. The van der Waals surface area contributed by atoms with Gasteiger partial charge in [-0.25, -0.2) is 9.07 Å². The lowest BCUT2D eigenvalue weighted by atomic mass is 10.1. The summed E-state index contributed by atoms with van der Waals surface area (Å²) in [5.74, 6) is -2.22. The lowest BCUT2D eigenvalue weighted by Gasteiger charge is -2.11. The summed E-state index contributed by atoms with van der Waals surface area (Å²) in [6, 6.07) is 3.90. The maximum atomic E-state index is 13.3. The van der Waals surface area contributed by atoms with Crippen molar-refractivity contribution in [1.29, 1.82) is 0 Å². The van der Waals surface area contributed by atoms with Crippen LogP contribution in [0.3, 0.4) is 0 Å². The van der Waals surface area contributed by atoms with Gasteiger partial charge in [-0.05, 0) is 44.4 Å². The lowest BCUT2D eigenvalue weighted by Crippen LogP contribution is -2.34. The summed E-state index contributed by atoms with van der Waals surface area (Å²) < 4.78 is 14.7. The summed E-state index contributed by atoms with van der Waals surface area (Å²) in [5.41, 5.74) is 1.11. The minimum absolute atomic E-state index is 0.0518. The third-order valence-electron chi connectivity index (χ3n) is 4.37. The number of nitrogens with zero attached hydrogens (tertiary/aromatic N) is 3. The van der Waals surface area contributed by atoms with Crippen molar-refractivity contribution in [3.05, 3.63) is 40.4 Å². The normalized spacial score (nSPS) is 19.8. The molecule has 1 heterocycles. The molecular formula is C16H16ClFN4O3. The second kappa shape index (κ2) is 6.79. The molecule has 1 aliphatic rings. The van der Waals surface area contributed by atoms with E-state index in [2.05, 4.69) is 15.6 Å². The van der Waals surface area contributed by atoms with Crippen LogP contribution in [-0.2, 0) is 4.79 Å². The first-order chi connectivity index (χ1) is 11.9. The standard InChI is InChI=1S/C16H16ClFN4O3/c1-8-14(15(23)19-10-3-2-9(6-10)16(24)25)20-21-22(8)11-4-5-13(18)12(17)7-11/h4-5,7,9-10H,2-3,6H2,1H3,(H,19,23)(H,24,25)/t9-,10+/m0/s1. The molecule has 0 bridgehead atoms. The number of hydrogen-bond donors (Lipinski definition) is 2. The summed E-state index contributed by atoms with van der Waals surface area (Å²) in [6.45, 7) is 1.67. The maximum absolute atomic E-state index is 13.3. The van der Waals surface area contributed by atoms with Crippen molar-refractivity contribution in [1.82, 2.24) is 20.3 Å². The van der Waals surface area contributed by atoms with Crippen LogP contribution in [0.15, 0.2) is 18.2 Å². The number of nitrogens with one attached hydrogen (secondary N) is 1. The third-order valence-corrected chi connectivity index (χ3v) is 4.66. The molecule has 1 saturated carbocycles. The van der Waals surface area contributed by atoms with E-state index < -0.39 is 23.6 Å².